The number of hydrogen-bond acceptors (Lipinski definition) is 4. The molecule has 4 aliphatic carbocycles. The molecule has 144 valence electrons. The van der Waals surface area contributed by atoms with Crippen molar-refractivity contribution >= 4 is 28.7 Å². The summed E-state index contributed by atoms with van der Waals surface area (Å²) in [5, 5.41) is 4.22. The Morgan fingerprint density at radius 3 is 2.63 bits per heavy atom. The number of ether oxygens (including phenoxy) is 1. The minimum absolute atomic E-state index is 0.0899. The Balaban J connectivity index is 1.21. The van der Waals surface area contributed by atoms with Crippen LogP contribution in [0.2, 0.25) is 0 Å². The third-order valence-electron chi connectivity index (χ3n) is 6.53. The van der Waals surface area contributed by atoms with Crippen LogP contribution >= 0.6 is 11.8 Å². The summed E-state index contributed by atoms with van der Waals surface area (Å²) in [5.41, 5.74) is 1.94. The molecule has 27 heavy (non-hydrogen) atoms. The number of carbonyl (C=O) groups excluding carboxylic acids is 1. The molecule has 4 saturated carbocycles. The Labute approximate surface area is 164 Å². The van der Waals surface area contributed by atoms with Crippen molar-refractivity contribution in [3.8, 4) is 5.75 Å². The van der Waals surface area contributed by atoms with Gasteiger partial charge in [-0.15, -0.1) is 0 Å². The molecule has 4 bridgehead atoms. The number of imidazole rings is 1. The number of benzene rings is 1. The van der Waals surface area contributed by atoms with E-state index < -0.39 is 0 Å². The molecule has 2 N–H and O–H groups in total. The van der Waals surface area contributed by atoms with E-state index >= 15 is 0 Å². The van der Waals surface area contributed by atoms with Crippen molar-refractivity contribution in [3.05, 3.63) is 18.2 Å². The van der Waals surface area contributed by atoms with E-state index in [1.165, 1.54) is 50.3 Å². The molecule has 1 aromatic heterocycles. The Morgan fingerprint density at radius 1 is 1.26 bits per heavy atom. The van der Waals surface area contributed by atoms with Gasteiger partial charge in [0.2, 0.25) is 5.91 Å². The summed E-state index contributed by atoms with van der Waals surface area (Å²) in [4.78, 5) is 20.5. The normalized spacial score (nSPS) is 31.4. The molecular formula is C21H27N3O2S. The molecule has 0 saturated heterocycles. The zero-order valence-electron chi connectivity index (χ0n) is 15.8. The van der Waals surface area contributed by atoms with Gasteiger partial charge in [-0.3, -0.25) is 4.79 Å². The van der Waals surface area contributed by atoms with Gasteiger partial charge in [0.1, 0.15) is 5.75 Å². The number of carbonyl (C=O) groups is 1. The van der Waals surface area contributed by atoms with E-state index in [2.05, 4.69) is 15.3 Å². The van der Waals surface area contributed by atoms with Gasteiger partial charge in [0, 0.05) is 11.6 Å². The van der Waals surface area contributed by atoms with Crippen LogP contribution in [0.5, 0.6) is 5.75 Å². The molecule has 6 heteroatoms. The largest absolute Gasteiger partial charge is 0.494 e. The first kappa shape index (κ1) is 17.4. The highest BCUT2D eigenvalue weighted by atomic mass is 32.2. The molecule has 0 atom stereocenters. The van der Waals surface area contributed by atoms with Crippen LogP contribution in [-0.4, -0.2) is 33.8 Å². The van der Waals surface area contributed by atoms with Gasteiger partial charge in [-0.05, 0) is 75.3 Å². The summed E-state index contributed by atoms with van der Waals surface area (Å²) in [5.74, 6) is 3.94. The first-order valence-corrected chi connectivity index (χ1v) is 11.2. The SMILES string of the molecule is CCOc1ccc2nc(SCC(=O)NC34CC5CC(CC(C5)C3)C4)[nH]c2c1. The van der Waals surface area contributed by atoms with E-state index in [1.807, 2.05) is 25.1 Å². The molecule has 1 aromatic carbocycles. The number of H-pyrrole nitrogens is 1. The smallest absolute Gasteiger partial charge is 0.230 e. The summed E-state index contributed by atoms with van der Waals surface area (Å²) in [6, 6.07) is 5.85. The van der Waals surface area contributed by atoms with Gasteiger partial charge in [0.25, 0.3) is 0 Å². The van der Waals surface area contributed by atoms with E-state index in [4.69, 9.17) is 4.74 Å². The molecule has 4 aliphatic rings. The summed E-state index contributed by atoms with van der Waals surface area (Å²) in [6.07, 6.45) is 7.77. The molecule has 0 radical (unpaired) electrons. The number of hydrogen-bond donors (Lipinski definition) is 2. The molecule has 1 amide bonds. The van der Waals surface area contributed by atoms with Gasteiger partial charge in [0.05, 0.1) is 23.4 Å². The van der Waals surface area contributed by atoms with Crippen LogP contribution in [0.1, 0.15) is 45.4 Å². The number of aromatic nitrogens is 2. The van der Waals surface area contributed by atoms with Crippen molar-refractivity contribution in [1.29, 1.82) is 0 Å². The van der Waals surface area contributed by atoms with Crippen molar-refractivity contribution in [2.24, 2.45) is 17.8 Å². The van der Waals surface area contributed by atoms with Gasteiger partial charge in [-0.2, -0.15) is 0 Å². The average Bonchev–Trinajstić information content (AvgIpc) is 3.01. The van der Waals surface area contributed by atoms with Crippen molar-refractivity contribution in [2.75, 3.05) is 12.4 Å². The third-order valence-corrected chi connectivity index (χ3v) is 7.40. The molecular weight excluding hydrogens is 358 g/mol. The number of nitrogens with zero attached hydrogens (tertiary/aromatic N) is 1. The lowest BCUT2D eigenvalue weighted by molar-refractivity contribution is -0.124. The Bertz CT molecular complexity index is 827. The van der Waals surface area contributed by atoms with E-state index in [1.54, 1.807) is 0 Å². The van der Waals surface area contributed by atoms with Gasteiger partial charge >= 0.3 is 0 Å². The van der Waals surface area contributed by atoms with Crippen molar-refractivity contribution < 1.29 is 9.53 Å². The van der Waals surface area contributed by atoms with Gasteiger partial charge in [-0.1, -0.05) is 11.8 Å². The molecule has 2 aromatic rings. The van der Waals surface area contributed by atoms with Crippen molar-refractivity contribution in [2.45, 2.75) is 56.1 Å². The first-order valence-electron chi connectivity index (χ1n) is 10.2. The molecule has 0 spiro atoms. The average molecular weight is 386 g/mol. The number of fused-ring (bicyclic) bond motifs is 1. The number of aromatic amines is 1. The highest BCUT2D eigenvalue weighted by Gasteiger charge is 2.51. The molecule has 0 unspecified atom stereocenters. The predicted molar refractivity (Wildman–Crippen MR) is 107 cm³/mol. The molecule has 6 rings (SSSR count). The van der Waals surface area contributed by atoms with Crippen LogP contribution in [0, 0.1) is 17.8 Å². The lowest BCUT2D eigenvalue weighted by Gasteiger charge is -2.56. The van der Waals surface area contributed by atoms with Gasteiger partial charge < -0.3 is 15.0 Å². The van der Waals surface area contributed by atoms with Gasteiger partial charge in [-0.25, -0.2) is 4.98 Å². The number of rotatable bonds is 6. The molecule has 0 aliphatic heterocycles. The maximum Gasteiger partial charge on any atom is 0.230 e. The highest BCUT2D eigenvalue weighted by molar-refractivity contribution is 7.99. The Hall–Kier alpha value is -1.69. The van der Waals surface area contributed by atoms with Crippen LogP contribution in [0.25, 0.3) is 11.0 Å². The number of thioether (sulfide) groups is 1. The zero-order chi connectivity index (χ0) is 18.4. The van der Waals surface area contributed by atoms with E-state index in [9.17, 15) is 4.79 Å². The van der Waals surface area contributed by atoms with E-state index in [-0.39, 0.29) is 11.4 Å². The molecule has 1 heterocycles. The minimum atomic E-state index is 0.0899. The van der Waals surface area contributed by atoms with Crippen molar-refractivity contribution in [1.82, 2.24) is 15.3 Å². The topological polar surface area (TPSA) is 67.0 Å². The fraction of sp³-hybridized carbons (Fsp3) is 0.619. The lowest BCUT2D eigenvalue weighted by atomic mass is 9.53. The lowest BCUT2D eigenvalue weighted by Crippen LogP contribution is -2.60. The fourth-order valence-corrected chi connectivity index (χ4v) is 6.70. The maximum atomic E-state index is 12.7. The first-order chi connectivity index (χ1) is 13.1. The monoisotopic (exact) mass is 385 g/mol. The standard InChI is InChI=1S/C21H27N3O2S/c1-2-26-16-3-4-17-18(8-16)23-20(22-17)27-12-19(25)24-21-9-13-5-14(10-21)7-15(6-13)11-21/h3-4,8,13-15H,2,5-7,9-12H2,1H3,(H,22,23)(H,24,25). The van der Waals surface area contributed by atoms with E-state index in [0.717, 1.165) is 39.7 Å². The van der Waals surface area contributed by atoms with Crippen molar-refractivity contribution in [3.63, 3.8) is 0 Å². The maximum absolute atomic E-state index is 12.7. The van der Waals surface area contributed by atoms with Crippen LogP contribution in [-0.2, 0) is 4.79 Å². The van der Waals surface area contributed by atoms with Gasteiger partial charge in [0.15, 0.2) is 5.16 Å². The second-order valence-corrected chi connectivity index (χ2v) is 9.65. The van der Waals surface area contributed by atoms with Crippen LogP contribution in [0.3, 0.4) is 0 Å². The highest BCUT2D eigenvalue weighted by Crippen LogP contribution is 2.55. The summed E-state index contributed by atoms with van der Waals surface area (Å²) in [6.45, 7) is 2.62. The zero-order valence-corrected chi connectivity index (χ0v) is 16.6. The van der Waals surface area contributed by atoms with E-state index in [0.29, 0.717) is 12.4 Å². The quantitative estimate of drug-likeness (QED) is 0.734. The minimum Gasteiger partial charge on any atom is -0.494 e. The Morgan fingerprint density at radius 2 is 1.96 bits per heavy atom. The summed E-state index contributed by atoms with van der Waals surface area (Å²) >= 11 is 1.48. The second kappa shape index (κ2) is 6.73. The molecule has 5 nitrogen and oxygen atoms in total. The van der Waals surface area contributed by atoms with Crippen LogP contribution in [0.15, 0.2) is 23.4 Å². The second-order valence-electron chi connectivity index (χ2n) is 8.69. The summed E-state index contributed by atoms with van der Waals surface area (Å²) < 4.78 is 5.54. The predicted octanol–water partition coefficient (Wildman–Crippen LogP) is 4.14. The Kier molecular flexibility index (Phi) is 4.34. The third kappa shape index (κ3) is 3.44. The summed E-state index contributed by atoms with van der Waals surface area (Å²) in [7, 11) is 0. The van der Waals surface area contributed by atoms with Crippen LogP contribution in [0.4, 0.5) is 0 Å². The molecule has 4 fully saturated rings. The van der Waals surface area contributed by atoms with Crippen LogP contribution < -0.4 is 10.1 Å². The fourth-order valence-electron chi connectivity index (χ4n) is 6.02. The number of amides is 1. The number of nitrogens with one attached hydrogen (secondary N) is 2.